The van der Waals surface area contributed by atoms with Gasteiger partial charge in [-0.2, -0.15) is 13.2 Å². The van der Waals surface area contributed by atoms with E-state index in [2.05, 4.69) is 9.64 Å². The second kappa shape index (κ2) is 8.38. The molecule has 1 atom stereocenters. The van der Waals surface area contributed by atoms with Crippen molar-refractivity contribution in [3.63, 3.8) is 0 Å². The summed E-state index contributed by atoms with van der Waals surface area (Å²) in [5.74, 6) is 0.293. The Balaban J connectivity index is 1.63. The summed E-state index contributed by atoms with van der Waals surface area (Å²) in [7, 11) is 1.54. The lowest BCUT2D eigenvalue weighted by molar-refractivity contribution is -0.200. The first-order valence-electron chi connectivity index (χ1n) is 9.74. The Labute approximate surface area is 167 Å². The van der Waals surface area contributed by atoms with Gasteiger partial charge in [0.25, 0.3) is 0 Å². The number of rotatable bonds is 4. The molecule has 3 rings (SSSR count). The normalized spacial score (nSPS) is 20.7. The van der Waals surface area contributed by atoms with Crippen molar-refractivity contribution in [3.8, 4) is 5.75 Å². The number of likely N-dealkylation sites (tertiary alicyclic amines) is 2. The smallest absolute Gasteiger partial charge is 0.425 e. The molecule has 2 saturated heterocycles. The van der Waals surface area contributed by atoms with Crippen LogP contribution >= 0.6 is 0 Å². The van der Waals surface area contributed by atoms with Gasteiger partial charge in [0.2, 0.25) is 0 Å². The summed E-state index contributed by atoms with van der Waals surface area (Å²) in [6, 6.07) is 4.43. The maximum atomic E-state index is 13.7. The van der Waals surface area contributed by atoms with Crippen molar-refractivity contribution in [2.45, 2.75) is 57.0 Å². The Hall–Kier alpha value is -2.03. The first-order chi connectivity index (χ1) is 13.6. The number of benzene rings is 1. The van der Waals surface area contributed by atoms with Crippen LogP contribution in [0, 0.1) is 5.82 Å². The predicted octanol–water partition coefficient (Wildman–Crippen LogP) is 4.35. The van der Waals surface area contributed by atoms with E-state index in [1.165, 1.54) is 17.0 Å². The van der Waals surface area contributed by atoms with Crippen molar-refractivity contribution in [2.75, 3.05) is 26.7 Å². The third kappa shape index (κ3) is 4.76. The first kappa shape index (κ1) is 21.7. The Morgan fingerprint density at radius 1 is 1.21 bits per heavy atom. The average Bonchev–Trinajstić information content (AvgIpc) is 3.03. The van der Waals surface area contributed by atoms with Gasteiger partial charge in [0.1, 0.15) is 11.6 Å². The van der Waals surface area contributed by atoms with E-state index in [0.717, 1.165) is 31.9 Å². The van der Waals surface area contributed by atoms with Gasteiger partial charge in [0, 0.05) is 30.7 Å². The number of ether oxygens (including phenoxy) is 2. The Kier molecular flexibility index (Phi) is 6.26. The summed E-state index contributed by atoms with van der Waals surface area (Å²) >= 11 is 0. The quantitative estimate of drug-likeness (QED) is 0.682. The zero-order valence-electron chi connectivity index (χ0n) is 16.6. The molecule has 9 heteroatoms. The van der Waals surface area contributed by atoms with Crippen LogP contribution in [0.4, 0.5) is 22.4 Å². The van der Waals surface area contributed by atoms with E-state index < -0.39 is 18.4 Å². The lowest BCUT2D eigenvalue weighted by atomic mass is 9.85. The Morgan fingerprint density at radius 2 is 1.90 bits per heavy atom. The van der Waals surface area contributed by atoms with E-state index in [4.69, 9.17) is 4.74 Å². The van der Waals surface area contributed by atoms with Gasteiger partial charge >= 0.3 is 12.3 Å². The summed E-state index contributed by atoms with van der Waals surface area (Å²) in [5, 5.41) is 0. The van der Waals surface area contributed by atoms with Crippen LogP contribution in [-0.2, 0) is 11.3 Å². The van der Waals surface area contributed by atoms with Crippen LogP contribution in [0.15, 0.2) is 18.2 Å². The predicted molar refractivity (Wildman–Crippen MR) is 98.1 cm³/mol. The number of amides is 1. The molecule has 0 bridgehead atoms. The number of methoxy groups -OCH3 is 1. The lowest BCUT2D eigenvalue weighted by Crippen LogP contribution is -2.53. The highest BCUT2D eigenvalue weighted by molar-refractivity contribution is 5.68. The summed E-state index contributed by atoms with van der Waals surface area (Å²) in [6.07, 6.45) is -4.44. The van der Waals surface area contributed by atoms with E-state index in [9.17, 15) is 22.4 Å². The molecule has 1 aromatic rings. The van der Waals surface area contributed by atoms with Gasteiger partial charge in [-0.05, 0) is 57.4 Å². The highest BCUT2D eigenvalue weighted by atomic mass is 19.4. The fraction of sp³-hybridized carbons (Fsp3) is 0.650. The monoisotopic (exact) mass is 418 g/mol. The molecule has 1 aromatic carbocycles. The van der Waals surface area contributed by atoms with Crippen LogP contribution < -0.4 is 4.74 Å². The number of hydrogen-bond acceptors (Lipinski definition) is 4. The summed E-state index contributed by atoms with van der Waals surface area (Å²) in [4.78, 5) is 15.7. The lowest BCUT2D eigenvalue weighted by Gasteiger charge is -2.45. The van der Waals surface area contributed by atoms with Crippen LogP contribution in [-0.4, -0.2) is 60.5 Å². The van der Waals surface area contributed by atoms with Gasteiger partial charge in [-0.15, -0.1) is 0 Å². The number of carbonyl (C=O) groups is 1. The van der Waals surface area contributed by atoms with Crippen LogP contribution in [0.5, 0.6) is 5.75 Å². The van der Waals surface area contributed by atoms with Gasteiger partial charge in [0.05, 0.1) is 7.11 Å². The molecule has 5 nitrogen and oxygen atoms in total. The molecule has 1 spiro atoms. The molecule has 162 valence electrons. The largest absolute Gasteiger partial charge is 0.496 e. The SMILES string of the molecule is COc1ccc(F)cc1CN1CCCC12CCN(C(=O)OC(C)C(F)(F)F)CC2. The summed E-state index contributed by atoms with van der Waals surface area (Å²) < 4.78 is 61.5. The number of halogens is 4. The Morgan fingerprint density at radius 3 is 2.52 bits per heavy atom. The molecule has 29 heavy (non-hydrogen) atoms. The van der Waals surface area contributed by atoms with E-state index in [1.807, 2.05) is 0 Å². The standard InChI is InChI=1S/C20H26F4N2O3/c1-14(20(22,23)24)29-18(27)25-10-7-19(8-11-25)6-3-9-26(19)13-15-12-16(21)4-5-17(15)28-2/h4-5,12,14H,3,6-11,13H2,1-2H3. The van der Waals surface area contributed by atoms with Crippen molar-refractivity contribution in [3.05, 3.63) is 29.6 Å². The first-order valence-corrected chi connectivity index (χ1v) is 9.74. The number of hydrogen-bond donors (Lipinski definition) is 0. The zero-order valence-corrected chi connectivity index (χ0v) is 16.6. The minimum Gasteiger partial charge on any atom is -0.496 e. The van der Waals surface area contributed by atoms with E-state index >= 15 is 0 Å². The molecule has 2 aliphatic rings. The van der Waals surface area contributed by atoms with E-state index in [0.29, 0.717) is 38.2 Å². The molecule has 1 amide bonds. The van der Waals surface area contributed by atoms with Gasteiger partial charge in [0.15, 0.2) is 6.10 Å². The molecule has 2 heterocycles. The van der Waals surface area contributed by atoms with Crippen molar-refractivity contribution in [1.29, 1.82) is 0 Å². The molecule has 1 unspecified atom stereocenters. The van der Waals surface area contributed by atoms with Gasteiger partial charge in [-0.3, -0.25) is 4.90 Å². The van der Waals surface area contributed by atoms with Crippen LogP contribution in [0.3, 0.4) is 0 Å². The summed E-state index contributed by atoms with van der Waals surface area (Å²) in [6.45, 7) is 2.86. The number of nitrogens with zero attached hydrogens (tertiary/aromatic N) is 2. The molecule has 0 aliphatic carbocycles. The molecular formula is C20H26F4N2O3. The third-order valence-corrected chi connectivity index (χ3v) is 6.04. The maximum absolute atomic E-state index is 13.7. The van der Waals surface area contributed by atoms with Crippen molar-refractivity contribution in [1.82, 2.24) is 9.80 Å². The maximum Gasteiger partial charge on any atom is 0.425 e. The molecule has 2 fully saturated rings. The average molecular weight is 418 g/mol. The second-order valence-corrected chi connectivity index (χ2v) is 7.76. The fourth-order valence-corrected chi connectivity index (χ4v) is 4.28. The zero-order chi connectivity index (χ0) is 21.2. The minimum absolute atomic E-state index is 0.149. The molecule has 0 N–H and O–H groups in total. The molecule has 0 saturated carbocycles. The highest BCUT2D eigenvalue weighted by Crippen LogP contribution is 2.40. The van der Waals surface area contributed by atoms with Crippen LogP contribution in [0.1, 0.15) is 38.2 Å². The van der Waals surface area contributed by atoms with Crippen molar-refractivity contribution >= 4 is 6.09 Å². The van der Waals surface area contributed by atoms with Crippen LogP contribution in [0.25, 0.3) is 0 Å². The van der Waals surface area contributed by atoms with Gasteiger partial charge < -0.3 is 14.4 Å². The van der Waals surface area contributed by atoms with E-state index in [1.54, 1.807) is 13.2 Å². The molecular weight excluding hydrogens is 392 g/mol. The van der Waals surface area contributed by atoms with Gasteiger partial charge in [-0.1, -0.05) is 0 Å². The molecule has 2 aliphatic heterocycles. The second-order valence-electron chi connectivity index (χ2n) is 7.76. The van der Waals surface area contributed by atoms with Crippen LogP contribution in [0.2, 0.25) is 0 Å². The summed E-state index contributed by atoms with van der Waals surface area (Å²) in [5.41, 5.74) is 0.610. The van der Waals surface area contributed by atoms with Crippen molar-refractivity contribution < 1.29 is 31.8 Å². The number of carbonyl (C=O) groups excluding carboxylic acids is 1. The fourth-order valence-electron chi connectivity index (χ4n) is 4.28. The van der Waals surface area contributed by atoms with Crippen molar-refractivity contribution in [2.24, 2.45) is 0 Å². The molecule has 0 radical (unpaired) electrons. The highest BCUT2D eigenvalue weighted by Gasteiger charge is 2.45. The minimum atomic E-state index is -4.57. The molecule has 0 aromatic heterocycles. The van der Waals surface area contributed by atoms with Gasteiger partial charge in [-0.25, -0.2) is 9.18 Å². The topological polar surface area (TPSA) is 42.0 Å². The van der Waals surface area contributed by atoms with E-state index in [-0.39, 0.29) is 11.4 Å². The third-order valence-electron chi connectivity index (χ3n) is 6.04. The Bertz CT molecular complexity index is 733. The number of alkyl halides is 3. The number of piperidine rings is 1.